The molecule has 1 atom stereocenters. The second-order valence-corrected chi connectivity index (χ2v) is 8.27. The van der Waals surface area contributed by atoms with Gasteiger partial charge in [0.2, 0.25) is 0 Å². The summed E-state index contributed by atoms with van der Waals surface area (Å²) in [5, 5.41) is 20.2. The lowest BCUT2D eigenvalue weighted by Crippen LogP contribution is -2.24. The zero-order chi connectivity index (χ0) is 21.8. The average molecular weight is 417 g/mol. The molecule has 0 aliphatic heterocycles. The number of rotatable bonds is 8. The minimum absolute atomic E-state index is 0.109. The highest BCUT2D eigenvalue weighted by molar-refractivity contribution is 5.75. The minimum Gasteiger partial charge on any atom is -0.491 e. The molecule has 0 aliphatic rings. The van der Waals surface area contributed by atoms with E-state index in [1.807, 2.05) is 47.0 Å². The van der Waals surface area contributed by atoms with Crippen LogP contribution < -0.4 is 4.74 Å². The molecule has 5 nitrogen and oxygen atoms in total. The van der Waals surface area contributed by atoms with Crippen LogP contribution in [0.4, 0.5) is 0 Å². The maximum Gasteiger partial charge on any atom is 0.135 e. The maximum absolute atomic E-state index is 10.5. The summed E-state index contributed by atoms with van der Waals surface area (Å²) in [6.45, 7) is 4.68. The van der Waals surface area contributed by atoms with Crippen molar-refractivity contribution in [3.8, 4) is 5.75 Å². The van der Waals surface area contributed by atoms with Crippen molar-refractivity contribution in [2.75, 3.05) is 6.61 Å². The van der Waals surface area contributed by atoms with Crippen molar-refractivity contribution < 1.29 is 14.9 Å². The SMILES string of the molecule is CC(C)(c1ccccc1)c1ccc(OCC(O)Cn2c(CO)nc3ccccc32)cc1. The van der Waals surface area contributed by atoms with E-state index >= 15 is 0 Å². The Balaban J connectivity index is 1.41. The Morgan fingerprint density at radius 2 is 1.55 bits per heavy atom. The van der Waals surface area contributed by atoms with Crippen LogP contribution in [0.1, 0.15) is 30.8 Å². The van der Waals surface area contributed by atoms with Crippen LogP contribution in [-0.4, -0.2) is 32.5 Å². The number of para-hydroxylation sites is 2. The largest absolute Gasteiger partial charge is 0.491 e. The predicted molar refractivity (Wildman–Crippen MR) is 122 cm³/mol. The Bertz CT molecular complexity index is 1130. The zero-order valence-electron chi connectivity index (χ0n) is 17.9. The number of imidazole rings is 1. The molecule has 4 rings (SSSR count). The summed E-state index contributed by atoms with van der Waals surface area (Å²) in [7, 11) is 0. The van der Waals surface area contributed by atoms with Crippen LogP contribution in [0.5, 0.6) is 5.75 Å². The smallest absolute Gasteiger partial charge is 0.135 e. The number of nitrogens with zero attached hydrogens (tertiary/aromatic N) is 2. The quantitative estimate of drug-likeness (QED) is 0.450. The molecule has 0 amide bonds. The van der Waals surface area contributed by atoms with Crippen LogP contribution in [0, 0.1) is 0 Å². The lowest BCUT2D eigenvalue weighted by molar-refractivity contribution is 0.0914. The number of benzene rings is 3. The van der Waals surface area contributed by atoms with Gasteiger partial charge in [-0.3, -0.25) is 0 Å². The lowest BCUT2D eigenvalue weighted by Gasteiger charge is -2.26. The summed E-state index contributed by atoms with van der Waals surface area (Å²) in [6.07, 6.45) is -0.733. The number of fused-ring (bicyclic) bond motifs is 1. The Labute approximate surface area is 182 Å². The summed E-state index contributed by atoms with van der Waals surface area (Å²) in [5.74, 6) is 1.25. The number of hydrogen-bond donors (Lipinski definition) is 2. The van der Waals surface area contributed by atoms with E-state index in [2.05, 4.69) is 55.2 Å². The van der Waals surface area contributed by atoms with Gasteiger partial charge in [-0.25, -0.2) is 4.98 Å². The Hall–Kier alpha value is -3.15. The van der Waals surface area contributed by atoms with Crippen molar-refractivity contribution in [2.24, 2.45) is 0 Å². The second kappa shape index (κ2) is 8.92. The molecule has 0 spiro atoms. The highest BCUT2D eigenvalue weighted by atomic mass is 16.5. The Morgan fingerprint density at radius 1 is 0.903 bits per heavy atom. The normalized spacial score (nSPS) is 12.8. The molecule has 4 aromatic rings. The topological polar surface area (TPSA) is 67.5 Å². The van der Waals surface area contributed by atoms with Crippen molar-refractivity contribution in [3.63, 3.8) is 0 Å². The molecule has 0 bridgehead atoms. The van der Waals surface area contributed by atoms with Gasteiger partial charge in [0.25, 0.3) is 0 Å². The molecule has 31 heavy (non-hydrogen) atoms. The van der Waals surface area contributed by atoms with Gasteiger partial charge in [-0.2, -0.15) is 0 Å². The first kappa shape index (κ1) is 21.1. The van der Waals surface area contributed by atoms with Gasteiger partial charge in [0, 0.05) is 5.41 Å². The summed E-state index contributed by atoms with van der Waals surface area (Å²) < 4.78 is 7.67. The third-order valence-electron chi connectivity index (χ3n) is 5.78. The van der Waals surface area contributed by atoms with Gasteiger partial charge in [0.1, 0.15) is 30.9 Å². The summed E-state index contributed by atoms with van der Waals surface area (Å²) >= 11 is 0. The fourth-order valence-corrected chi connectivity index (χ4v) is 3.90. The first-order valence-electron chi connectivity index (χ1n) is 10.5. The molecule has 3 aromatic carbocycles. The molecule has 0 saturated heterocycles. The summed E-state index contributed by atoms with van der Waals surface area (Å²) in [6, 6.07) is 26.1. The summed E-state index contributed by atoms with van der Waals surface area (Å²) in [4.78, 5) is 4.42. The maximum atomic E-state index is 10.5. The number of hydrogen-bond acceptors (Lipinski definition) is 4. The molecule has 1 heterocycles. The van der Waals surface area contributed by atoms with Crippen molar-refractivity contribution in [1.29, 1.82) is 0 Å². The van der Waals surface area contributed by atoms with Crippen LogP contribution in [0.25, 0.3) is 11.0 Å². The van der Waals surface area contributed by atoms with E-state index in [0.717, 1.165) is 11.0 Å². The van der Waals surface area contributed by atoms with Gasteiger partial charge in [-0.15, -0.1) is 0 Å². The molecule has 0 aliphatic carbocycles. The molecule has 0 saturated carbocycles. The lowest BCUT2D eigenvalue weighted by atomic mass is 9.78. The molecule has 1 aromatic heterocycles. The molecule has 5 heteroatoms. The number of aliphatic hydroxyl groups is 2. The monoisotopic (exact) mass is 416 g/mol. The van der Waals surface area contributed by atoms with E-state index in [-0.39, 0.29) is 18.6 Å². The fourth-order valence-electron chi connectivity index (χ4n) is 3.90. The van der Waals surface area contributed by atoms with E-state index in [1.54, 1.807) is 0 Å². The van der Waals surface area contributed by atoms with Crippen LogP contribution in [0.3, 0.4) is 0 Å². The second-order valence-electron chi connectivity index (χ2n) is 8.27. The molecular weight excluding hydrogens is 388 g/mol. The predicted octanol–water partition coefficient (Wildman–Crippen LogP) is 4.29. The average Bonchev–Trinajstić information content (AvgIpc) is 3.16. The highest BCUT2D eigenvalue weighted by Crippen LogP contribution is 2.32. The molecule has 0 fully saturated rings. The first-order chi connectivity index (χ1) is 15.0. The van der Waals surface area contributed by atoms with E-state index in [4.69, 9.17) is 4.74 Å². The molecular formula is C26H28N2O3. The fraction of sp³-hybridized carbons (Fsp3) is 0.269. The van der Waals surface area contributed by atoms with Crippen LogP contribution >= 0.6 is 0 Å². The molecule has 2 N–H and O–H groups in total. The minimum atomic E-state index is -0.733. The number of ether oxygens (including phenoxy) is 1. The zero-order valence-corrected chi connectivity index (χ0v) is 17.9. The highest BCUT2D eigenvalue weighted by Gasteiger charge is 2.22. The van der Waals surface area contributed by atoms with E-state index in [9.17, 15) is 10.2 Å². The van der Waals surface area contributed by atoms with Crippen LogP contribution in [-0.2, 0) is 18.6 Å². The number of aliphatic hydroxyl groups excluding tert-OH is 2. The van der Waals surface area contributed by atoms with Crippen molar-refractivity contribution in [2.45, 2.75) is 38.5 Å². The first-order valence-corrected chi connectivity index (χ1v) is 10.5. The van der Waals surface area contributed by atoms with E-state index in [0.29, 0.717) is 18.1 Å². The number of aromatic nitrogens is 2. The molecule has 1 unspecified atom stereocenters. The van der Waals surface area contributed by atoms with Gasteiger partial charge < -0.3 is 19.5 Å². The molecule has 160 valence electrons. The van der Waals surface area contributed by atoms with E-state index < -0.39 is 6.10 Å². The van der Waals surface area contributed by atoms with Gasteiger partial charge in [-0.05, 0) is 35.4 Å². The Kier molecular flexibility index (Phi) is 6.07. The van der Waals surface area contributed by atoms with Gasteiger partial charge in [0.05, 0.1) is 17.6 Å². The van der Waals surface area contributed by atoms with Crippen LogP contribution in [0.15, 0.2) is 78.9 Å². The van der Waals surface area contributed by atoms with Crippen molar-refractivity contribution in [3.05, 3.63) is 95.8 Å². The van der Waals surface area contributed by atoms with Gasteiger partial charge in [0.15, 0.2) is 0 Å². The van der Waals surface area contributed by atoms with Crippen molar-refractivity contribution >= 4 is 11.0 Å². The third-order valence-corrected chi connectivity index (χ3v) is 5.78. The van der Waals surface area contributed by atoms with Crippen molar-refractivity contribution in [1.82, 2.24) is 9.55 Å². The third kappa shape index (κ3) is 4.48. The van der Waals surface area contributed by atoms with Gasteiger partial charge >= 0.3 is 0 Å². The summed E-state index contributed by atoms with van der Waals surface area (Å²) in [5.41, 5.74) is 4.03. The van der Waals surface area contributed by atoms with Crippen LogP contribution in [0.2, 0.25) is 0 Å². The molecule has 0 radical (unpaired) electrons. The van der Waals surface area contributed by atoms with E-state index in [1.165, 1.54) is 11.1 Å². The standard InChI is InChI=1S/C26H28N2O3/c1-26(2,19-8-4-3-5-9-19)20-12-14-22(15-13-20)31-18-21(30)16-28-24-11-7-6-10-23(24)27-25(28)17-29/h3-15,21,29-30H,16-18H2,1-2H3. The Morgan fingerprint density at radius 3 is 2.26 bits per heavy atom. The van der Waals surface area contributed by atoms with Gasteiger partial charge in [-0.1, -0.05) is 68.4 Å².